The summed E-state index contributed by atoms with van der Waals surface area (Å²) in [6.45, 7) is 5.71. The third-order valence-electron chi connectivity index (χ3n) is 2.26. The summed E-state index contributed by atoms with van der Waals surface area (Å²) in [6, 6.07) is 1.36. The van der Waals surface area contributed by atoms with Gasteiger partial charge in [-0.05, 0) is 26.3 Å². The van der Waals surface area contributed by atoms with E-state index in [4.69, 9.17) is 5.73 Å². The van der Waals surface area contributed by atoms with Gasteiger partial charge in [-0.15, -0.1) is 0 Å². The Hall–Kier alpha value is -1.29. The zero-order valence-electron chi connectivity index (χ0n) is 8.74. The highest BCUT2D eigenvalue weighted by atomic mass is 16.3. The molecule has 0 radical (unpaired) electrons. The van der Waals surface area contributed by atoms with E-state index in [9.17, 15) is 9.90 Å². The predicted molar refractivity (Wildman–Crippen MR) is 55.5 cm³/mol. The molecule has 4 nitrogen and oxygen atoms in total. The lowest BCUT2D eigenvalue weighted by Crippen LogP contribution is -2.30. The van der Waals surface area contributed by atoms with Crippen molar-refractivity contribution in [3.8, 4) is 5.88 Å². The van der Waals surface area contributed by atoms with E-state index in [2.05, 4.69) is 0 Å². The van der Waals surface area contributed by atoms with E-state index in [0.29, 0.717) is 6.54 Å². The van der Waals surface area contributed by atoms with Crippen molar-refractivity contribution in [3.05, 3.63) is 27.5 Å². The number of nitrogens with zero attached hydrogens (tertiary/aromatic N) is 1. The molecule has 78 valence electrons. The summed E-state index contributed by atoms with van der Waals surface area (Å²) in [5.74, 6) is 0.0206. The van der Waals surface area contributed by atoms with Gasteiger partial charge in [-0.3, -0.25) is 9.36 Å². The maximum Gasteiger partial charge on any atom is 0.253 e. The van der Waals surface area contributed by atoms with Gasteiger partial charge in [0.15, 0.2) is 5.88 Å². The molecule has 4 heteroatoms. The number of hydrogen-bond donors (Lipinski definition) is 2. The van der Waals surface area contributed by atoms with Crippen molar-refractivity contribution < 1.29 is 5.11 Å². The standard InChI is InChI=1S/C10H16N2O2/c1-6-4-9(13)12(5-7(2)11)10(14)8(6)3/h4,7,14H,5,11H2,1-3H3. The van der Waals surface area contributed by atoms with Crippen molar-refractivity contribution in [2.24, 2.45) is 5.73 Å². The highest BCUT2D eigenvalue weighted by Gasteiger charge is 2.09. The normalized spacial score (nSPS) is 12.9. The summed E-state index contributed by atoms with van der Waals surface area (Å²) in [5.41, 5.74) is 6.90. The van der Waals surface area contributed by atoms with E-state index in [1.807, 2.05) is 0 Å². The molecule has 1 rings (SSSR count). The van der Waals surface area contributed by atoms with Gasteiger partial charge in [-0.2, -0.15) is 0 Å². The lowest BCUT2D eigenvalue weighted by atomic mass is 10.1. The van der Waals surface area contributed by atoms with E-state index in [-0.39, 0.29) is 17.5 Å². The van der Waals surface area contributed by atoms with Gasteiger partial charge in [-0.1, -0.05) is 0 Å². The molecule has 3 N–H and O–H groups in total. The molecular weight excluding hydrogens is 180 g/mol. The Morgan fingerprint density at radius 2 is 2.14 bits per heavy atom. The van der Waals surface area contributed by atoms with Crippen molar-refractivity contribution in [2.75, 3.05) is 0 Å². The van der Waals surface area contributed by atoms with Crippen molar-refractivity contribution in [3.63, 3.8) is 0 Å². The Balaban J connectivity index is 3.30. The summed E-state index contributed by atoms with van der Waals surface area (Å²) < 4.78 is 1.30. The minimum Gasteiger partial charge on any atom is -0.494 e. The molecule has 0 spiro atoms. The average molecular weight is 196 g/mol. The first kappa shape index (κ1) is 10.8. The molecule has 0 aromatic carbocycles. The van der Waals surface area contributed by atoms with E-state index in [0.717, 1.165) is 11.1 Å². The third-order valence-corrected chi connectivity index (χ3v) is 2.26. The van der Waals surface area contributed by atoms with Gasteiger partial charge in [0, 0.05) is 24.2 Å². The van der Waals surface area contributed by atoms with Crippen molar-refractivity contribution >= 4 is 0 Å². The van der Waals surface area contributed by atoms with Crippen LogP contribution in [-0.4, -0.2) is 15.7 Å². The van der Waals surface area contributed by atoms with Gasteiger partial charge in [-0.25, -0.2) is 0 Å². The molecule has 0 aliphatic rings. The minimum absolute atomic E-state index is 0.0206. The van der Waals surface area contributed by atoms with Crippen LogP contribution in [0.25, 0.3) is 0 Å². The number of nitrogens with two attached hydrogens (primary N) is 1. The van der Waals surface area contributed by atoms with Gasteiger partial charge < -0.3 is 10.8 Å². The minimum atomic E-state index is -0.206. The fourth-order valence-corrected chi connectivity index (χ4v) is 1.32. The first-order chi connectivity index (χ1) is 6.43. The summed E-state index contributed by atoms with van der Waals surface area (Å²) in [5, 5.41) is 9.72. The Bertz CT molecular complexity index is 394. The lowest BCUT2D eigenvalue weighted by Gasteiger charge is -2.13. The van der Waals surface area contributed by atoms with Crippen LogP contribution in [0, 0.1) is 13.8 Å². The van der Waals surface area contributed by atoms with Crippen molar-refractivity contribution in [1.82, 2.24) is 4.57 Å². The zero-order chi connectivity index (χ0) is 10.9. The van der Waals surface area contributed by atoms with Crippen LogP contribution < -0.4 is 11.3 Å². The molecule has 1 aromatic rings. The Kier molecular flexibility index (Phi) is 2.96. The van der Waals surface area contributed by atoms with Crippen molar-refractivity contribution in [1.29, 1.82) is 0 Å². The van der Waals surface area contributed by atoms with E-state index >= 15 is 0 Å². The number of pyridine rings is 1. The molecule has 0 aliphatic carbocycles. The molecule has 0 amide bonds. The number of aryl methyl sites for hydroxylation is 1. The fraction of sp³-hybridized carbons (Fsp3) is 0.500. The fourth-order valence-electron chi connectivity index (χ4n) is 1.32. The second kappa shape index (κ2) is 3.84. The van der Waals surface area contributed by atoms with Crippen LogP contribution in [0.3, 0.4) is 0 Å². The first-order valence-electron chi connectivity index (χ1n) is 4.59. The maximum atomic E-state index is 11.5. The summed E-state index contributed by atoms with van der Waals surface area (Å²) in [4.78, 5) is 11.5. The quantitative estimate of drug-likeness (QED) is 0.724. The highest BCUT2D eigenvalue weighted by molar-refractivity contribution is 5.32. The highest BCUT2D eigenvalue weighted by Crippen LogP contribution is 2.16. The smallest absolute Gasteiger partial charge is 0.253 e. The Morgan fingerprint density at radius 1 is 1.57 bits per heavy atom. The molecule has 1 atom stereocenters. The Labute approximate surface area is 83.0 Å². The molecule has 0 fully saturated rings. The SMILES string of the molecule is Cc1cc(=O)n(CC(C)N)c(O)c1C. The van der Waals surface area contributed by atoms with Gasteiger partial charge >= 0.3 is 0 Å². The van der Waals surface area contributed by atoms with Crippen molar-refractivity contribution in [2.45, 2.75) is 33.4 Å². The van der Waals surface area contributed by atoms with Gasteiger partial charge in [0.1, 0.15) is 0 Å². The van der Waals surface area contributed by atoms with Crippen LogP contribution in [0.15, 0.2) is 10.9 Å². The second-order valence-corrected chi connectivity index (χ2v) is 3.70. The molecule has 14 heavy (non-hydrogen) atoms. The van der Waals surface area contributed by atoms with Crippen LogP contribution in [0.5, 0.6) is 5.88 Å². The van der Waals surface area contributed by atoms with Gasteiger partial charge in [0.05, 0.1) is 0 Å². The van der Waals surface area contributed by atoms with E-state index in [1.165, 1.54) is 10.6 Å². The molecule has 0 bridgehead atoms. The van der Waals surface area contributed by atoms with Gasteiger partial charge in [0.25, 0.3) is 5.56 Å². The van der Waals surface area contributed by atoms with Crippen LogP contribution in [0.1, 0.15) is 18.1 Å². The average Bonchev–Trinajstić information content (AvgIpc) is 2.09. The van der Waals surface area contributed by atoms with Gasteiger partial charge in [0.2, 0.25) is 0 Å². The number of aromatic hydroxyl groups is 1. The number of hydrogen-bond acceptors (Lipinski definition) is 3. The molecule has 0 saturated carbocycles. The second-order valence-electron chi connectivity index (χ2n) is 3.70. The Morgan fingerprint density at radius 3 is 2.64 bits per heavy atom. The summed E-state index contributed by atoms with van der Waals surface area (Å²) >= 11 is 0. The van der Waals surface area contributed by atoms with Crippen LogP contribution in [0.4, 0.5) is 0 Å². The van der Waals surface area contributed by atoms with E-state index in [1.54, 1.807) is 20.8 Å². The van der Waals surface area contributed by atoms with Crippen LogP contribution in [-0.2, 0) is 6.54 Å². The summed E-state index contributed by atoms with van der Waals surface area (Å²) in [7, 11) is 0. The molecule has 1 heterocycles. The molecule has 1 aromatic heterocycles. The van der Waals surface area contributed by atoms with E-state index < -0.39 is 0 Å². The molecular formula is C10H16N2O2. The largest absolute Gasteiger partial charge is 0.494 e. The molecule has 0 aliphatic heterocycles. The number of rotatable bonds is 2. The summed E-state index contributed by atoms with van der Waals surface area (Å²) in [6.07, 6.45) is 0. The first-order valence-corrected chi connectivity index (χ1v) is 4.59. The zero-order valence-corrected chi connectivity index (χ0v) is 8.74. The van der Waals surface area contributed by atoms with Crippen LogP contribution >= 0.6 is 0 Å². The lowest BCUT2D eigenvalue weighted by molar-refractivity contribution is 0.391. The monoisotopic (exact) mass is 196 g/mol. The predicted octanol–water partition coefficient (Wildman–Crippen LogP) is 0.518. The molecule has 0 saturated heterocycles. The van der Waals surface area contributed by atoms with Crippen LogP contribution in [0.2, 0.25) is 0 Å². The third kappa shape index (κ3) is 1.96. The maximum absolute atomic E-state index is 11.5. The topological polar surface area (TPSA) is 68.2 Å². The number of aromatic nitrogens is 1. The molecule has 1 unspecified atom stereocenters.